The van der Waals surface area contributed by atoms with Gasteiger partial charge in [-0.2, -0.15) is 5.10 Å². The van der Waals surface area contributed by atoms with E-state index in [4.69, 9.17) is 11.6 Å². The highest BCUT2D eigenvalue weighted by Crippen LogP contribution is 2.09. The lowest BCUT2D eigenvalue weighted by molar-refractivity contribution is -0.126. The van der Waals surface area contributed by atoms with Crippen LogP contribution in [0.1, 0.15) is 63.9 Å². The molecule has 0 heterocycles. The Morgan fingerprint density at radius 3 is 2.52 bits per heavy atom. The zero-order chi connectivity index (χ0) is 18.3. The standard InChI is InChI=1S/C19H28ClN3O2/c1-2-3-4-5-6-7-8-12-18(24)21-15-19(25)23-22-14-16-10-9-11-17(20)13-16/h9-11,13-14H,2-8,12,15H2,1H3,(H,21,24)(H,23,25). The number of benzene rings is 1. The van der Waals surface area contributed by atoms with Crippen LogP contribution in [0.4, 0.5) is 0 Å². The molecule has 0 radical (unpaired) electrons. The third-order valence-corrected chi connectivity index (χ3v) is 3.94. The molecular formula is C19H28ClN3O2. The lowest BCUT2D eigenvalue weighted by atomic mass is 10.1. The van der Waals surface area contributed by atoms with Gasteiger partial charge in [0.15, 0.2) is 0 Å². The molecular weight excluding hydrogens is 338 g/mol. The summed E-state index contributed by atoms with van der Waals surface area (Å²) in [5, 5.41) is 7.05. The van der Waals surface area contributed by atoms with Gasteiger partial charge in [-0.15, -0.1) is 0 Å². The number of hydrogen-bond donors (Lipinski definition) is 2. The van der Waals surface area contributed by atoms with Crippen LogP contribution in [0, 0.1) is 0 Å². The Morgan fingerprint density at radius 2 is 1.80 bits per heavy atom. The van der Waals surface area contributed by atoms with Gasteiger partial charge in [0, 0.05) is 11.4 Å². The zero-order valence-electron chi connectivity index (χ0n) is 14.9. The number of unbranched alkanes of at least 4 members (excludes halogenated alkanes) is 6. The Labute approximate surface area is 155 Å². The maximum absolute atomic E-state index is 11.7. The fraction of sp³-hybridized carbons (Fsp3) is 0.526. The van der Waals surface area contributed by atoms with Crippen molar-refractivity contribution in [1.29, 1.82) is 0 Å². The highest BCUT2D eigenvalue weighted by molar-refractivity contribution is 6.30. The van der Waals surface area contributed by atoms with Crippen LogP contribution in [0.5, 0.6) is 0 Å². The van der Waals surface area contributed by atoms with Crippen molar-refractivity contribution in [1.82, 2.24) is 10.7 Å². The van der Waals surface area contributed by atoms with Crippen LogP contribution in [-0.4, -0.2) is 24.6 Å². The normalized spacial score (nSPS) is 10.8. The Morgan fingerprint density at radius 1 is 1.08 bits per heavy atom. The molecule has 0 unspecified atom stereocenters. The molecule has 0 bridgehead atoms. The summed E-state index contributed by atoms with van der Waals surface area (Å²) in [7, 11) is 0. The second kappa shape index (κ2) is 13.4. The molecule has 0 aliphatic carbocycles. The summed E-state index contributed by atoms with van der Waals surface area (Å²) >= 11 is 5.86. The average Bonchev–Trinajstić information content (AvgIpc) is 2.59. The fourth-order valence-electron chi connectivity index (χ4n) is 2.32. The molecule has 0 fully saturated rings. The third kappa shape index (κ3) is 11.3. The predicted molar refractivity (Wildman–Crippen MR) is 103 cm³/mol. The molecule has 0 saturated heterocycles. The van der Waals surface area contributed by atoms with Crippen LogP contribution in [0.25, 0.3) is 0 Å². The molecule has 0 aromatic heterocycles. The second-order valence-corrected chi connectivity index (χ2v) is 6.43. The number of halogens is 1. The number of amides is 2. The van der Waals surface area contributed by atoms with Crippen molar-refractivity contribution >= 4 is 29.6 Å². The van der Waals surface area contributed by atoms with Gasteiger partial charge >= 0.3 is 0 Å². The topological polar surface area (TPSA) is 70.6 Å². The van der Waals surface area contributed by atoms with E-state index in [9.17, 15) is 9.59 Å². The molecule has 25 heavy (non-hydrogen) atoms. The van der Waals surface area contributed by atoms with Gasteiger partial charge in [0.25, 0.3) is 5.91 Å². The molecule has 0 saturated carbocycles. The minimum atomic E-state index is -0.355. The van der Waals surface area contributed by atoms with Gasteiger partial charge in [-0.1, -0.05) is 69.2 Å². The smallest absolute Gasteiger partial charge is 0.259 e. The molecule has 1 aromatic carbocycles. The molecule has 138 valence electrons. The van der Waals surface area contributed by atoms with E-state index < -0.39 is 0 Å². The van der Waals surface area contributed by atoms with Gasteiger partial charge in [-0.25, -0.2) is 5.43 Å². The minimum Gasteiger partial charge on any atom is -0.347 e. The van der Waals surface area contributed by atoms with E-state index >= 15 is 0 Å². The van der Waals surface area contributed by atoms with Crippen molar-refractivity contribution in [3.05, 3.63) is 34.9 Å². The summed E-state index contributed by atoms with van der Waals surface area (Å²) in [5.74, 6) is -0.450. The summed E-state index contributed by atoms with van der Waals surface area (Å²) in [6.07, 6.45) is 10.1. The monoisotopic (exact) mass is 365 g/mol. The highest BCUT2D eigenvalue weighted by Gasteiger charge is 2.04. The molecule has 5 nitrogen and oxygen atoms in total. The maximum Gasteiger partial charge on any atom is 0.259 e. The van der Waals surface area contributed by atoms with Crippen LogP contribution in [0.15, 0.2) is 29.4 Å². The Balaban J connectivity index is 2.08. The number of carbonyl (C=O) groups is 2. The van der Waals surface area contributed by atoms with Crippen molar-refractivity contribution in [2.24, 2.45) is 5.10 Å². The summed E-state index contributed by atoms with van der Waals surface area (Å²) in [4.78, 5) is 23.3. The van der Waals surface area contributed by atoms with E-state index in [1.54, 1.807) is 18.2 Å². The van der Waals surface area contributed by atoms with Gasteiger partial charge < -0.3 is 5.32 Å². The van der Waals surface area contributed by atoms with E-state index in [1.165, 1.54) is 38.3 Å². The summed E-state index contributed by atoms with van der Waals surface area (Å²) < 4.78 is 0. The van der Waals surface area contributed by atoms with Gasteiger partial charge in [-0.3, -0.25) is 9.59 Å². The minimum absolute atomic E-state index is 0.0672. The zero-order valence-corrected chi connectivity index (χ0v) is 15.6. The summed E-state index contributed by atoms with van der Waals surface area (Å²) in [5.41, 5.74) is 3.16. The highest BCUT2D eigenvalue weighted by atomic mass is 35.5. The molecule has 0 aliphatic heterocycles. The van der Waals surface area contributed by atoms with Crippen molar-refractivity contribution in [3.63, 3.8) is 0 Å². The second-order valence-electron chi connectivity index (χ2n) is 6.00. The van der Waals surface area contributed by atoms with Crippen LogP contribution in [0.3, 0.4) is 0 Å². The quantitative estimate of drug-likeness (QED) is 0.333. The van der Waals surface area contributed by atoms with Crippen LogP contribution < -0.4 is 10.7 Å². The van der Waals surface area contributed by atoms with Crippen molar-refractivity contribution in [2.75, 3.05) is 6.54 Å². The SMILES string of the molecule is CCCCCCCCCC(=O)NCC(=O)NN=Cc1cccc(Cl)c1. The van der Waals surface area contributed by atoms with Crippen LogP contribution in [0.2, 0.25) is 5.02 Å². The van der Waals surface area contributed by atoms with Gasteiger partial charge in [0.2, 0.25) is 5.91 Å². The van der Waals surface area contributed by atoms with E-state index in [0.29, 0.717) is 11.4 Å². The first-order chi connectivity index (χ1) is 12.1. The van der Waals surface area contributed by atoms with Crippen LogP contribution >= 0.6 is 11.6 Å². The lowest BCUT2D eigenvalue weighted by Crippen LogP contribution is -2.34. The first kappa shape index (κ1) is 21.2. The summed E-state index contributed by atoms with van der Waals surface area (Å²) in [6.45, 7) is 2.13. The number of carbonyl (C=O) groups excluding carboxylic acids is 2. The molecule has 0 atom stereocenters. The number of nitrogens with zero attached hydrogens (tertiary/aromatic N) is 1. The van der Waals surface area contributed by atoms with Gasteiger partial charge in [0.05, 0.1) is 12.8 Å². The number of hydrazone groups is 1. The molecule has 0 spiro atoms. The lowest BCUT2D eigenvalue weighted by Gasteiger charge is -2.04. The maximum atomic E-state index is 11.7. The fourth-order valence-corrected chi connectivity index (χ4v) is 2.51. The average molecular weight is 366 g/mol. The largest absolute Gasteiger partial charge is 0.347 e. The van der Waals surface area contributed by atoms with Crippen molar-refractivity contribution in [3.8, 4) is 0 Å². The van der Waals surface area contributed by atoms with Gasteiger partial charge in [-0.05, 0) is 24.1 Å². The van der Waals surface area contributed by atoms with E-state index in [2.05, 4.69) is 22.8 Å². The Hall–Kier alpha value is -1.88. The molecule has 1 aromatic rings. The number of hydrogen-bond acceptors (Lipinski definition) is 3. The third-order valence-electron chi connectivity index (χ3n) is 3.71. The molecule has 2 N–H and O–H groups in total. The van der Waals surface area contributed by atoms with E-state index in [0.717, 1.165) is 18.4 Å². The first-order valence-electron chi connectivity index (χ1n) is 8.96. The van der Waals surface area contributed by atoms with Gasteiger partial charge in [0.1, 0.15) is 0 Å². The molecule has 2 amide bonds. The predicted octanol–water partition coefficient (Wildman–Crippen LogP) is 4.05. The molecule has 0 aliphatic rings. The van der Waals surface area contributed by atoms with Crippen LogP contribution in [-0.2, 0) is 9.59 Å². The molecule has 1 rings (SSSR count). The number of rotatable bonds is 12. The molecule has 6 heteroatoms. The summed E-state index contributed by atoms with van der Waals surface area (Å²) in [6, 6.07) is 7.13. The number of nitrogens with one attached hydrogen (secondary N) is 2. The van der Waals surface area contributed by atoms with E-state index in [-0.39, 0.29) is 18.4 Å². The first-order valence-corrected chi connectivity index (χ1v) is 9.33. The Kier molecular flexibility index (Phi) is 11.4. The Bertz CT molecular complexity index is 561. The van der Waals surface area contributed by atoms with Crippen molar-refractivity contribution in [2.45, 2.75) is 58.3 Å². The van der Waals surface area contributed by atoms with Crippen molar-refractivity contribution < 1.29 is 9.59 Å². The van der Waals surface area contributed by atoms with E-state index in [1.807, 2.05) is 6.07 Å².